The van der Waals surface area contributed by atoms with Gasteiger partial charge in [0.15, 0.2) is 0 Å². The molecule has 3 amide bonds. The molecule has 2 atom stereocenters. The van der Waals surface area contributed by atoms with Crippen molar-refractivity contribution in [1.29, 1.82) is 0 Å². The number of rotatable bonds is 15. The average molecular weight is 745 g/mol. The van der Waals surface area contributed by atoms with E-state index in [0.717, 1.165) is 34.1 Å². The molecule has 4 aromatic rings. The summed E-state index contributed by atoms with van der Waals surface area (Å²) in [7, 11) is 0.938. The fraction of sp³-hybridized carbons (Fsp3) is 0.250. The number of nitrogens with zero attached hydrogens (tertiary/aromatic N) is 2. The molecule has 0 unspecified atom stereocenters. The van der Waals surface area contributed by atoms with Gasteiger partial charge >= 0.3 is 0 Å². The van der Waals surface area contributed by atoms with Gasteiger partial charge in [-0.3, -0.25) is 14.4 Å². The molecule has 0 fully saturated rings. The van der Waals surface area contributed by atoms with Crippen LogP contribution in [-0.4, -0.2) is 72.3 Å². The lowest BCUT2D eigenvalue weighted by molar-refractivity contribution is -0.126. The summed E-state index contributed by atoms with van der Waals surface area (Å²) in [6, 6.07) is 14.3. The Morgan fingerprint density at radius 2 is 1.00 bits per heavy atom. The minimum atomic E-state index is -4.71. The first-order valence-electron chi connectivity index (χ1n) is 15.6. The fourth-order valence-corrected chi connectivity index (χ4v) is 6.44. The Labute approximate surface area is 298 Å². The van der Waals surface area contributed by atoms with Crippen molar-refractivity contribution in [2.24, 2.45) is 0 Å². The molecule has 0 spiro atoms. The van der Waals surface area contributed by atoms with Crippen molar-refractivity contribution in [2.75, 3.05) is 43.9 Å². The Kier molecular flexibility index (Phi) is 13.0. The van der Waals surface area contributed by atoms with Crippen molar-refractivity contribution >= 4 is 39.1 Å². The van der Waals surface area contributed by atoms with E-state index in [1.165, 1.54) is 40.4 Å². The number of likely N-dealkylation sites (N-methyl/N-ethyl adjacent to an activating group) is 2. The molecule has 0 radical (unpaired) electrons. The smallest absolute Gasteiger partial charge is 0.249 e. The first kappa shape index (κ1) is 39.3. The summed E-state index contributed by atoms with van der Waals surface area (Å²) in [5.41, 5.74) is 0.630. The third kappa shape index (κ3) is 10.8. The Bertz CT molecular complexity index is 1980. The molecule has 0 aliphatic rings. The number of carbonyl (C=O) groups excluding carboxylic acids is 3. The van der Waals surface area contributed by atoms with Gasteiger partial charge in [0, 0.05) is 44.0 Å². The minimum Gasteiger partial charge on any atom is -0.497 e. The average Bonchev–Trinajstić information content (AvgIpc) is 3.08. The number of anilines is 2. The number of ether oxygens (including phenoxy) is 2. The van der Waals surface area contributed by atoms with Crippen LogP contribution in [0.25, 0.3) is 0 Å². The topological polar surface area (TPSA) is 134 Å². The van der Waals surface area contributed by atoms with Gasteiger partial charge in [-0.25, -0.2) is 30.7 Å². The molecule has 0 aliphatic heterocycles. The van der Waals surface area contributed by atoms with Crippen LogP contribution in [0.1, 0.15) is 11.1 Å². The Morgan fingerprint density at radius 3 is 1.38 bits per heavy atom. The summed E-state index contributed by atoms with van der Waals surface area (Å²) in [6.45, 7) is 0. The van der Waals surface area contributed by atoms with Gasteiger partial charge in [0.2, 0.25) is 27.7 Å². The van der Waals surface area contributed by atoms with E-state index in [1.807, 2.05) is 0 Å². The van der Waals surface area contributed by atoms with Gasteiger partial charge in [-0.1, -0.05) is 0 Å². The van der Waals surface area contributed by atoms with Crippen molar-refractivity contribution in [3.8, 4) is 11.5 Å². The van der Waals surface area contributed by atoms with Crippen LogP contribution in [-0.2, 0) is 37.2 Å². The maximum Gasteiger partial charge on any atom is 0.249 e. The lowest BCUT2D eigenvalue weighted by Gasteiger charge is -2.26. The van der Waals surface area contributed by atoms with Gasteiger partial charge < -0.3 is 24.6 Å². The SMILES string of the molecule is COc1ccc(N(C)C(=O)[C@H](Cc2cc(F)cc(F)c2)NC(=O)CS(=O)(=O)N[C@@H](Cc2cc(F)cc(F)c2)C(=O)N(C)c2ccc(OC)cc2)cc1. The van der Waals surface area contributed by atoms with Crippen molar-refractivity contribution in [3.63, 3.8) is 0 Å². The second-order valence-electron chi connectivity index (χ2n) is 11.7. The summed E-state index contributed by atoms with van der Waals surface area (Å²) in [6.07, 6.45) is -0.931. The van der Waals surface area contributed by atoms with Crippen LogP contribution in [0.15, 0.2) is 84.9 Å². The van der Waals surface area contributed by atoms with E-state index in [2.05, 4.69) is 10.0 Å². The number of hydrogen-bond donors (Lipinski definition) is 2. The molecule has 0 saturated carbocycles. The van der Waals surface area contributed by atoms with Crippen molar-refractivity contribution in [1.82, 2.24) is 10.0 Å². The zero-order valence-corrected chi connectivity index (χ0v) is 29.3. The van der Waals surface area contributed by atoms with E-state index >= 15 is 0 Å². The summed E-state index contributed by atoms with van der Waals surface area (Å²) < 4.78 is 95.5. The number of hydrogen-bond acceptors (Lipinski definition) is 7. The molecule has 0 aliphatic carbocycles. The van der Waals surface area contributed by atoms with Crippen molar-refractivity contribution < 1.29 is 49.8 Å². The first-order chi connectivity index (χ1) is 24.6. The second kappa shape index (κ2) is 17.2. The maximum atomic E-state index is 14.1. The standard InChI is InChI=1S/C36H36F4N4O7S/c1-43(28-5-9-30(50-3)10-6-28)35(46)32(17-22-13-24(37)19-25(38)14-22)41-34(45)21-52(48,49)42-33(18-23-15-26(39)20-27(40)16-23)36(47)44(2)29-7-11-31(51-4)12-8-29/h5-16,19-20,32-33,42H,17-18,21H2,1-4H3,(H,41,45)/t32-,33-/m0/s1. The third-order valence-electron chi connectivity index (χ3n) is 7.88. The largest absolute Gasteiger partial charge is 0.497 e. The third-order valence-corrected chi connectivity index (χ3v) is 9.17. The maximum absolute atomic E-state index is 14.1. The molecule has 4 rings (SSSR count). The van der Waals surface area contributed by atoms with Gasteiger partial charge in [-0.2, -0.15) is 0 Å². The van der Waals surface area contributed by atoms with Crippen molar-refractivity contribution in [3.05, 3.63) is 119 Å². The first-order valence-corrected chi connectivity index (χ1v) is 17.2. The monoisotopic (exact) mass is 744 g/mol. The van der Waals surface area contributed by atoms with E-state index < -0.39 is 81.7 Å². The summed E-state index contributed by atoms with van der Waals surface area (Å²) in [5, 5.41) is 2.33. The molecule has 276 valence electrons. The lowest BCUT2D eigenvalue weighted by atomic mass is 10.0. The summed E-state index contributed by atoms with van der Waals surface area (Å²) >= 11 is 0. The number of methoxy groups -OCH3 is 2. The second-order valence-corrected chi connectivity index (χ2v) is 13.5. The van der Waals surface area contributed by atoms with Crippen LogP contribution < -0.4 is 29.3 Å². The Morgan fingerprint density at radius 1 is 0.635 bits per heavy atom. The normalized spacial score (nSPS) is 12.4. The zero-order valence-electron chi connectivity index (χ0n) is 28.5. The minimum absolute atomic E-state index is 0.00480. The number of amides is 3. The highest BCUT2D eigenvalue weighted by Crippen LogP contribution is 2.22. The highest BCUT2D eigenvalue weighted by molar-refractivity contribution is 7.90. The highest BCUT2D eigenvalue weighted by Gasteiger charge is 2.32. The van der Waals surface area contributed by atoms with Crippen molar-refractivity contribution in [2.45, 2.75) is 24.9 Å². The van der Waals surface area contributed by atoms with E-state index in [0.29, 0.717) is 35.0 Å². The highest BCUT2D eigenvalue weighted by atomic mass is 32.2. The van der Waals surface area contributed by atoms with E-state index in [1.54, 1.807) is 36.4 Å². The molecular formula is C36H36F4N4O7S. The van der Waals surface area contributed by atoms with E-state index in [9.17, 15) is 40.4 Å². The lowest BCUT2D eigenvalue weighted by Crippen LogP contribution is -2.53. The summed E-state index contributed by atoms with van der Waals surface area (Å²) in [4.78, 5) is 42.9. The van der Waals surface area contributed by atoms with Crippen LogP contribution in [0.4, 0.5) is 28.9 Å². The number of benzene rings is 4. The van der Waals surface area contributed by atoms with Crippen LogP contribution in [0.5, 0.6) is 11.5 Å². The number of halogens is 4. The van der Waals surface area contributed by atoms with Crippen LogP contribution in [0.2, 0.25) is 0 Å². The molecule has 4 aromatic carbocycles. The van der Waals surface area contributed by atoms with Gasteiger partial charge in [0.05, 0.1) is 14.2 Å². The van der Waals surface area contributed by atoms with Gasteiger partial charge in [0.1, 0.15) is 52.6 Å². The number of carbonyl (C=O) groups is 3. The molecule has 16 heteroatoms. The predicted molar refractivity (Wildman–Crippen MR) is 186 cm³/mol. The Balaban J connectivity index is 1.58. The summed E-state index contributed by atoms with van der Waals surface area (Å²) in [5.74, 6) is -6.88. The van der Waals surface area contributed by atoms with Gasteiger partial charge in [-0.15, -0.1) is 0 Å². The molecular weight excluding hydrogens is 708 g/mol. The molecule has 0 heterocycles. The zero-order chi connectivity index (χ0) is 38.2. The molecule has 0 bridgehead atoms. The van der Waals surface area contributed by atoms with Crippen LogP contribution in [0.3, 0.4) is 0 Å². The van der Waals surface area contributed by atoms with Crippen LogP contribution in [0, 0.1) is 23.3 Å². The molecule has 0 saturated heterocycles. The fourth-order valence-electron chi connectivity index (χ4n) is 5.31. The number of sulfonamides is 1. The van der Waals surface area contributed by atoms with E-state index in [-0.39, 0.29) is 11.1 Å². The number of nitrogens with one attached hydrogen (secondary N) is 2. The van der Waals surface area contributed by atoms with Gasteiger partial charge in [-0.05, 0) is 90.3 Å². The predicted octanol–water partition coefficient (Wildman–Crippen LogP) is 4.14. The molecule has 52 heavy (non-hydrogen) atoms. The molecule has 11 nitrogen and oxygen atoms in total. The Hall–Kier alpha value is -5.48. The quantitative estimate of drug-likeness (QED) is 0.175. The van der Waals surface area contributed by atoms with Crippen LogP contribution >= 0.6 is 0 Å². The molecule has 2 N–H and O–H groups in total. The van der Waals surface area contributed by atoms with E-state index in [4.69, 9.17) is 9.47 Å². The van der Waals surface area contributed by atoms with Gasteiger partial charge in [0.25, 0.3) is 0 Å². The molecule has 0 aromatic heterocycles.